The Bertz CT molecular complexity index is 438. The molecule has 0 unspecified atom stereocenters. The molecule has 0 radical (unpaired) electrons. The van der Waals surface area contributed by atoms with Crippen LogP contribution in [0.2, 0.25) is 5.02 Å². The fourth-order valence-corrected chi connectivity index (χ4v) is 2.99. The van der Waals surface area contributed by atoms with Gasteiger partial charge in [-0.25, -0.2) is 4.39 Å². The van der Waals surface area contributed by atoms with Gasteiger partial charge in [-0.2, -0.15) is 0 Å². The van der Waals surface area contributed by atoms with Gasteiger partial charge in [-0.3, -0.25) is 0 Å². The minimum Gasteiger partial charge on any atom is -0.385 e. The quantitative estimate of drug-likeness (QED) is 0.783. The molecule has 1 N–H and O–H groups in total. The minimum atomic E-state index is -0.315. The van der Waals surface area contributed by atoms with Crippen molar-refractivity contribution >= 4 is 11.6 Å². The maximum Gasteiger partial charge on any atom is 0.145 e. The second-order valence-corrected chi connectivity index (χ2v) is 5.76. The van der Waals surface area contributed by atoms with E-state index in [1.165, 1.54) is 0 Å². The third-order valence-corrected chi connectivity index (χ3v) is 4.19. The summed E-state index contributed by atoms with van der Waals surface area (Å²) in [4.78, 5) is 0. The second-order valence-electron chi connectivity index (χ2n) is 5.35. The summed E-state index contributed by atoms with van der Waals surface area (Å²) >= 11 is 5.93. The molecule has 118 valence electrons. The van der Waals surface area contributed by atoms with Gasteiger partial charge in [0.15, 0.2) is 0 Å². The zero-order valence-corrected chi connectivity index (χ0v) is 13.2. The Morgan fingerprint density at radius 2 is 2.33 bits per heavy atom. The zero-order chi connectivity index (χ0) is 15.1. The number of rotatable bonds is 7. The highest BCUT2D eigenvalue weighted by atomic mass is 35.5. The van der Waals surface area contributed by atoms with Crippen LogP contribution in [0.25, 0.3) is 0 Å². The van der Waals surface area contributed by atoms with Crippen molar-refractivity contribution in [2.45, 2.75) is 31.3 Å². The van der Waals surface area contributed by atoms with Crippen LogP contribution < -0.4 is 5.32 Å². The van der Waals surface area contributed by atoms with Gasteiger partial charge >= 0.3 is 0 Å². The van der Waals surface area contributed by atoms with Gasteiger partial charge in [0.2, 0.25) is 0 Å². The maximum atomic E-state index is 14.3. The molecule has 2 rings (SSSR count). The molecule has 21 heavy (non-hydrogen) atoms. The van der Waals surface area contributed by atoms with Crippen LogP contribution in [0.15, 0.2) is 18.2 Å². The van der Waals surface area contributed by atoms with Crippen molar-refractivity contribution in [3.63, 3.8) is 0 Å². The first-order chi connectivity index (χ1) is 10.2. The predicted octanol–water partition coefficient (Wildman–Crippen LogP) is 3.37. The van der Waals surface area contributed by atoms with E-state index < -0.39 is 0 Å². The average molecular weight is 316 g/mol. The number of nitrogens with one attached hydrogen (secondary N) is 1. The standard InChI is InChI=1S/C16H23ClFNO2/c1-20-9-3-2-5-12(15-11-19-8-10-21-15)13-6-4-7-14(17)16(13)18/h4,6-7,12,15,19H,2-3,5,8-11H2,1H3/t12-,15+/m1/s1. The lowest BCUT2D eigenvalue weighted by Gasteiger charge is -2.31. The van der Waals surface area contributed by atoms with E-state index in [4.69, 9.17) is 21.1 Å². The summed E-state index contributed by atoms with van der Waals surface area (Å²) < 4.78 is 25.3. The van der Waals surface area contributed by atoms with Crippen LogP contribution in [0, 0.1) is 5.82 Å². The van der Waals surface area contributed by atoms with Crippen LogP contribution in [0.1, 0.15) is 30.7 Å². The topological polar surface area (TPSA) is 30.5 Å². The molecule has 1 fully saturated rings. The van der Waals surface area contributed by atoms with Gasteiger partial charge in [0, 0.05) is 32.7 Å². The zero-order valence-electron chi connectivity index (χ0n) is 12.4. The summed E-state index contributed by atoms with van der Waals surface area (Å²) in [6, 6.07) is 5.21. The summed E-state index contributed by atoms with van der Waals surface area (Å²) in [7, 11) is 1.70. The van der Waals surface area contributed by atoms with Gasteiger partial charge < -0.3 is 14.8 Å². The smallest absolute Gasteiger partial charge is 0.145 e. The molecular formula is C16H23ClFNO2. The van der Waals surface area contributed by atoms with Crippen molar-refractivity contribution in [2.24, 2.45) is 0 Å². The number of hydrogen-bond acceptors (Lipinski definition) is 3. The lowest BCUT2D eigenvalue weighted by molar-refractivity contribution is 0.00779. The Labute approximate surface area is 130 Å². The van der Waals surface area contributed by atoms with E-state index in [-0.39, 0.29) is 22.9 Å². The lowest BCUT2D eigenvalue weighted by atomic mass is 9.87. The molecule has 1 saturated heterocycles. The molecule has 0 amide bonds. The second kappa shape index (κ2) is 8.69. The number of benzene rings is 1. The van der Waals surface area contributed by atoms with Crippen LogP contribution in [0.5, 0.6) is 0 Å². The summed E-state index contributed by atoms with van der Waals surface area (Å²) in [5.74, 6) is -0.293. The summed E-state index contributed by atoms with van der Waals surface area (Å²) in [6.45, 7) is 3.00. The Kier molecular flexibility index (Phi) is 6.90. The normalized spacial score (nSPS) is 20.4. The van der Waals surface area contributed by atoms with Crippen molar-refractivity contribution in [3.8, 4) is 0 Å². The molecule has 0 aliphatic carbocycles. The molecule has 1 aliphatic rings. The SMILES string of the molecule is COCCCC[C@H](c1cccc(Cl)c1F)[C@@H]1CNCCO1. The summed E-state index contributed by atoms with van der Waals surface area (Å²) in [5, 5.41) is 3.49. The number of halogens is 2. The Morgan fingerprint density at radius 3 is 3.05 bits per heavy atom. The monoisotopic (exact) mass is 315 g/mol. The Hall–Kier alpha value is -0.680. The van der Waals surface area contributed by atoms with Crippen molar-refractivity contribution in [3.05, 3.63) is 34.6 Å². The number of hydrogen-bond donors (Lipinski definition) is 1. The summed E-state index contributed by atoms with van der Waals surface area (Å²) in [5.41, 5.74) is 0.661. The van der Waals surface area contributed by atoms with E-state index in [1.807, 2.05) is 6.07 Å². The van der Waals surface area contributed by atoms with Gasteiger partial charge in [-0.1, -0.05) is 30.2 Å². The van der Waals surface area contributed by atoms with Crippen molar-refractivity contribution in [1.29, 1.82) is 0 Å². The molecule has 1 heterocycles. The van der Waals surface area contributed by atoms with Crippen LogP contribution in [0.4, 0.5) is 4.39 Å². The largest absolute Gasteiger partial charge is 0.385 e. The molecule has 3 nitrogen and oxygen atoms in total. The molecule has 0 aromatic heterocycles. The fourth-order valence-electron chi connectivity index (χ4n) is 2.80. The molecule has 0 bridgehead atoms. The molecule has 0 spiro atoms. The van der Waals surface area contributed by atoms with Crippen LogP contribution in [-0.2, 0) is 9.47 Å². The molecule has 0 saturated carbocycles. The number of ether oxygens (including phenoxy) is 2. The summed E-state index contributed by atoms with van der Waals surface area (Å²) in [6.07, 6.45) is 2.81. The molecular weight excluding hydrogens is 293 g/mol. The first-order valence-corrected chi connectivity index (χ1v) is 7.87. The fraction of sp³-hybridized carbons (Fsp3) is 0.625. The molecule has 1 aromatic rings. The first kappa shape index (κ1) is 16.7. The molecule has 5 heteroatoms. The number of morpholine rings is 1. The van der Waals surface area contributed by atoms with E-state index in [2.05, 4.69) is 5.32 Å². The molecule has 1 aliphatic heterocycles. The van der Waals surface area contributed by atoms with Crippen molar-refractivity contribution in [1.82, 2.24) is 5.32 Å². The van der Waals surface area contributed by atoms with E-state index in [9.17, 15) is 4.39 Å². The molecule has 1 aromatic carbocycles. The van der Waals surface area contributed by atoms with E-state index in [1.54, 1.807) is 19.2 Å². The maximum absolute atomic E-state index is 14.3. The highest BCUT2D eigenvalue weighted by Gasteiger charge is 2.28. The Morgan fingerprint density at radius 1 is 1.48 bits per heavy atom. The van der Waals surface area contributed by atoms with Crippen LogP contribution in [0.3, 0.4) is 0 Å². The lowest BCUT2D eigenvalue weighted by Crippen LogP contribution is -2.42. The highest BCUT2D eigenvalue weighted by Crippen LogP contribution is 2.32. The third-order valence-electron chi connectivity index (χ3n) is 3.90. The van der Waals surface area contributed by atoms with E-state index in [0.29, 0.717) is 12.2 Å². The van der Waals surface area contributed by atoms with Gasteiger partial charge in [0.25, 0.3) is 0 Å². The number of methoxy groups -OCH3 is 1. The molecule has 2 atom stereocenters. The Balaban J connectivity index is 2.11. The average Bonchev–Trinajstić information content (AvgIpc) is 2.52. The van der Waals surface area contributed by atoms with E-state index in [0.717, 1.165) is 39.0 Å². The van der Waals surface area contributed by atoms with Crippen molar-refractivity contribution in [2.75, 3.05) is 33.4 Å². The third kappa shape index (κ3) is 4.65. The predicted molar refractivity (Wildman–Crippen MR) is 82.5 cm³/mol. The first-order valence-electron chi connectivity index (χ1n) is 7.49. The van der Waals surface area contributed by atoms with Crippen LogP contribution in [-0.4, -0.2) is 39.5 Å². The van der Waals surface area contributed by atoms with Gasteiger partial charge in [-0.05, 0) is 24.5 Å². The van der Waals surface area contributed by atoms with E-state index >= 15 is 0 Å². The van der Waals surface area contributed by atoms with Gasteiger partial charge in [0.1, 0.15) is 5.82 Å². The van der Waals surface area contributed by atoms with Crippen LogP contribution >= 0.6 is 11.6 Å². The van der Waals surface area contributed by atoms with Gasteiger partial charge in [-0.15, -0.1) is 0 Å². The number of unbranched alkanes of at least 4 members (excludes halogenated alkanes) is 1. The minimum absolute atomic E-state index is 0.00531. The highest BCUT2D eigenvalue weighted by molar-refractivity contribution is 6.30. The van der Waals surface area contributed by atoms with Gasteiger partial charge in [0.05, 0.1) is 17.7 Å². The van der Waals surface area contributed by atoms with Crippen molar-refractivity contribution < 1.29 is 13.9 Å².